The van der Waals surface area contributed by atoms with Crippen LogP contribution in [0.25, 0.3) is 0 Å². The van der Waals surface area contributed by atoms with Crippen molar-refractivity contribution in [3.63, 3.8) is 0 Å². The number of hydrogen-bond donors (Lipinski definition) is 0. The van der Waals surface area contributed by atoms with Gasteiger partial charge in [-0.1, -0.05) is 44.9 Å². The second-order valence-corrected chi connectivity index (χ2v) is 4.55. The second-order valence-electron chi connectivity index (χ2n) is 4.55. The molecule has 0 amide bonds. The molecule has 0 aromatic rings. The van der Waals surface area contributed by atoms with E-state index in [4.69, 9.17) is 4.74 Å². The molecule has 0 saturated heterocycles. The highest BCUT2D eigenvalue weighted by Gasteiger charge is 2.12. The van der Waals surface area contributed by atoms with Gasteiger partial charge in [0.1, 0.15) is 0 Å². The molecular formula is C13H24O2. The minimum Gasteiger partial charge on any atom is -0.466 e. The first-order chi connectivity index (χ1) is 7.33. The Morgan fingerprint density at radius 1 is 1.20 bits per heavy atom. The Kier molecular flexibility index (Phi) is 6.45. The van der Waals surface area contributed by atoms with Gasteiger partial charge in [-0.15, -0.1) is 0 Å². The summed E-state index contributed by atoms with van der Waals surface area (Å²) < 4.78 is 4.89. The molecule has 0 aliphatic heterocycles. The zero-order valence-corrected chi connectivity index (χ0v) is 9.96. The largest absolute Gasteiger partial charge is 0.466 e. The zero-order chi connectivity index (χ0) is 10.9. The highest BCUT2D eigenvalue weighted by Crippen LogP contribution is 2.27. The smallest absolute Gasteiger partial charge is 0.305 e. The number of carbonyl (C=O) groups is 1. The van der Waals surface area contributed by atoms with Crippen LogP contribution in [0.4, 0.5) is 0 Å². The summed E-state index contributed by atoms with van der Waals surface area (Å²) in [4.78, 5) is 11.1. The molecule has 0 spiro atoms. The van der Waals surface area contributed by atoms with Gasteiger partial charge in [-0.25, -0.2) is 0 Å². The van der Waals surface area contributed by atoms with Gasteiger partial charge in [0.05, 0.1) is 6.61 Å². The topological polar surface area (TPSA) is 26.3 Å². The third-order valence-electron chi connectivity index (χ3n) is 3.27. The fourth-order valence-corrected chi connectivity index (χ4v) is 2.41. The van der Waals surface area contributed by atoms with Crippen molar-refractivity contribution in [1.29, 1.82) is 0 Å². The summed E-state index contributed by atoms with van der Waals surface area (Å²) in [5, 5.41) is 0. The van der Waals surface area contributed by atoms with Crippen molar-refractivity contribution in [2.75, 3.05) is 6.61 Å². The van der Waals surface area contributed by atoms with Crippen LogP contribution < -0.4 is 0 Å². The Labute approximate surface area is 93.4 Å². The molecule has 1 fully saturated rings. The van der Waals surface area contributed by atoms with Gasteiger partial charge in [0.2, 0.25) is 0 Å². The summed E-state index contributed by atoms with van der Waals surface area (Å²) in [5.41, 5.74) is 0. The Bertz CT molecular complexity index is 171. The SMILES string of the molecule is CCOC(=O)CCCCC1CCCCC1. The van der Waals surface area contributed by atoms with Crippen LogP contribution in [0.2, 0.25) is 0 Å². The number of esters is 1. The van der Waals surface area contributed by atoms with Crippen LogP contribution >= 0.6 is 0 Å². The molecular weight excluding hydrogens is 188 g/mol. The van der Waals surface area contributed by atoms with E-state index >= 15 is 0 Å². The average Bonchev–Trinajstić information content (AvgIpc) is 2.26. The van der Waals surface area contributed by atoms with Gasteiger partial charge < -0.3 is 4.74 Å². The lowest BCUT2D eigenvalue weighted by Crippen LogP contribution is -2.07. The van der Waals surface area contributed by atoms with Crippen molar-refractivity contribution in [3.05, 3.63) is 0 Å². The summed E-state index contributed by atoms with van der Waals surface area (Å²) in [6, 6.07) is 0. The summed E-state index contributed by atoms with van der Waals surface area (Å²) in [6.45, 7) is 2.38. The fourth-order valence-electron chi connectivity index (χ4n) is 2.41. The summed E-state index contributed by atoms with van der Waals surface area (Å²) in [7, 11) is 0. The van der Waals surface area contributed by atoms with E-state index in [1.807, 2.05) is 6.92 Å². The number of carbonyl (C=O) groups excluding carboxylic acids is 1. The lowest BCUT2D eigenvalue weighted by atomic mass is 9.86. The van der Waals surface area contributed by atoms with E-state index in [-0.39, 0.29) is 5.97 Å². The Morgan fingerprint density at radius 3 is 2.60 bits per heavy atom. The monoisotopic (exact) mass is 212 g/mol. The maximum Gasteiger partial charge on any atom is 0.305 e. The molecule has 0 unspecified atom stereocenters. The van der Waals surface area contributed by atoms with Crippen molar-refractivity contribution < 1.29 is 9.53 Å². The Hall–Kier alpha value is -0.530. The third-order valence-corrected chi connectivity index (χ3v) is 3.27. The Balaban J connectivity index is 1.93. The molecule has 0 aromatic carbocycles. The van der Waals surface area contributed by atoms with Crippen molar-refractivity contribution in [1.82, 2.24) is 0 Å². The lowest BCUT2D eigenvalue weighted by Gasteiger charge is -2.21. The normalized spacial score (nSPS) is 17.7. The molecule has 0 N–H and O–H groups in total. The maximum atomic E-state index is 11.1. The highest BCUT2D eigenvalue weighted by molar-refractivity contribution is 5.69. The molecule has 2 nitrogen and oxygen atoms in total. The predicted molar refractivity (Wildman–Crippen MR) is 61.7 cm³/mol. The second kappa shape index (κ2) is 7.72. The van der Waals surface area contributed by atoms with Gasteiger partial charge in [-0.05, 0) is 19.3 Å². The van der Waals surface area contributed by atoms with Crippen LogP contribution in [0.3, 0.4) is 0 Å². The van der Waals surface area contributed by atoms with Gasteiger partial charge in [0.25, 0.3) is 0 Å². The van der Waals surface area contributed by atoms with E-state index in [0.717, 1.165) is 12.3 Å². The molecule has 1 aliphatic rings. The molecule has 0 heterocycles. The molecule has 0 atom stereocenters. The quantitative estimate of drug-likeness (QED) is 0.496. The summed E-state index contributed by atoms with van der Waals surface area (Å²) >= 11 is 0. The van der Waals surface area contributed by atoms with E-state index < -0.39 is 0 Å². The van der Waals surface area contributed by atoms with E-state index in [0.29, 0.717) is 13.0 Å². The fraction of sp³-hybridized carbons (Fsp3) is 0.923. The first-order valence-electron chi connectivity index (χ1n) is 6.48. The van der Waals surface area contributed by atoms with Crippen molar-refractivity contribution >= 4 is 5.97 Å². The standard InChI is InChI=1S/C13H24O2/c1-2-15-13(14)11-7-6-10-12-8-4-3-5-9-12/h12H,2-11H2,1H3. The molecule has 0 bridgehead atoms. The number of hydrogen-bond acceptors (Lipinski definition) is 2. The van der Waals surface area contributed by atoms with E-state index in [1.165, 1.54) is 44.9 Å². The lowest BCUT2D eigenvalue weighted by molar-refractivity contribution is -0.143. The molecule has 0 aromatic heterocycles. The first kappa shape index (κ1) is 12.5. The van der Waals surface area contributed by atoms with Gasteiger partial charge in [-0.3, -0.25) is 4.79 Å². The van der Waals surface area contributed by atoms with Gasteiger partial charge >= 0.3 is 5.97 Å². The number of rotatable bonds is 6. The van der Waals surface area contributed by atoms with E-state index in [9.17, 15) is 4.79 Å². The molecule has 1 rings (SSSR count). The predicted octanol–water partition coefficient (Wildman–Crippen LogP) is 3.69. The van der Waals surface area contributed by atoms with Crippen molar-refractivity contribution in [2.24, 2.45) is 5.92 Å². The van der Waals surface area contributed by atoms with E-state index in [2.05, 4.69) is 0 Å². The summed E-state index contributed by atoms with van der Waals surface area (Å²) in [6.07, 6.45) is 11.2. The molecule has 2 heteroatoms. The first-order valence-corrected chi connectivity index (χ1v) is 6.48. The van der Waals surface area contributed by atoms with Crippen LogP contribution in [-0.4, -0.2) is 12.6 Å². The van der Waals surface area contributed by atoms with Crippen LogP contribution in [-0.2, 0) is 9.53 Å². The number of unbranched alkanes of at least 4 members (excludes halogenated alkanes) is 1. The van der Waals surface area contributed by atoms with Crippen LogP contribution in [0.15, 0.2) is 0 Å². The third kappa shape index (κ3) is 5.81. The van der Waals surface area contributed by atoms with Gasteiger partial charge in [-0.2, -0.15) is 0 Å². The zero-order valence-electron chi connectivity index (χ0n) is 9.96. The summed E-state index contributed by atoms with van der Waals surface area (Å²) in [5.74, 6) is 0.919. The molecule has 15 heavy (non-hydrogen) atoms. The maximum absolute atomic E-state index is 11.1. The molecule has 0 radical (unpaired) electrons. The minimum absolute atomic E-state index is 0.0267. The van der Waals surface area contributed by atoms with Gasteiger partial charge in [0, 0.05) is 6.42 Å². The minimum atomic E-state index is -0.0267. The molecule has 88 valence electrons. The molecule has 1 aliphatic carbocycles. The van der Waals surface area contributed by atoms with Crippen LogP contribution in [0.5, 0.6) is 0 Å². The average molecular weight is 212 g/mol. The van der Waals surface area contributed by atoms with E-state index in [1.54, 1.807) is 0 Å². The Morgan fingerprint density at radius 2 is 1.93 bits per heavy atom. The van der Waals surface area contributed by atoms with Crippen molar-refractivity contribution in [3.8, 4) is 0 Å². The number of ether oxygens (including phenoxy) is 1. The van der Waals surface area contributed by atoms with Gasteiger partial charge in [0.15, 0.2) is 0 Å². The molecule has 1 saturated carbocycles. The van der Waals surface area contributed by atoms with Crippen LogP contribution in [0.1, 0.15) is 64.7 Å². The van der Waals surface area contributed by atoms with Crippen molar-refractivity contribution in [2.45, 2.75) is 64.7 Å². The van der Waals surface area contributed by atoms with Crippen LogP contribution in [0, 0.1) is 5.92 Å². The highest BCUT2D eigenvalue weighted by atomic mass is 16.5.